The molecule has 2 N–H and O–H groups in total. The van der Waals surface area contributed by atoms with Crippen molar-refractivity contribution in [1.82, 2.24) is 5.32 Å². The Kier molecular flexibility index (Phi) is 3.08. The maximum Gasteiger partial charge on any atom is 0.252 e. The zero-order valence-corrected chi connectivity index (χ0v) is 11.8. The molecular weight excluding hydrogens is 266 g/mol. The number of amides is 1. The molecule has 110 valence electrons. The Bertz CT molecular complexity index is 606. The molecule has 1 amide bonds. The normalized spacial score (nSPS) is 28.0. The van der Waals surface area contributed by atoms with Crippen LogP contribution in [-0.2, 0) is 9.53 Å². The van der Waals surface area contributed by atoms with Gasteiger partial charge in [-0.05, 0) is 47.6 Å². The van der Waals surface area contributed by atoms with Crippen molar-refractivity contribution < 1.29 is 14.6 Å². The van der Waals surface area contributed by atoms with Crippen LogP contribution in [0.25, 0.3) is 0 Å². The number of nitrogens with one attached hydrogen (secondary N) is 1. The molecule has 1 saturated heterocycles. The summed E-state index contributed by atoms with van der Waals surface area (Å²) in [6, 6.07) is -0.179. The summed E-state index contributed by atoms with van der Waals surface area (Å²) in [5.74, 6) is 0.696. The Morgan fingerprint density at radius 2 is 2.19 bits per heavy atom. The van der Waals surface area contributed by atoms with Gasteiger partial charge in [0.15, 0.2) is 0 Å². The molecule has 4 nitrogen and oxygen atoms in total. The minimum Gasteiger partial charge on any atom is -0.394 e. The quantitative estimate of drug-likeness (QED) is 0.817. The Balaban J connectivity index is 1.43. The first-order valence-electron chi connectivity index (χ1n) is 7.63. The number of hydrogen-bond donors (Lipinski definition) is 2. The average Bonchev–Trinajstić information content (AvgIpc) is 3.00. The van der Waals surface area contributed by atoms with E-state index in [2.05, 4.69) is 17.5 Å². The number of carbonyl (C=O) groups is 1. The highest BCUT2D eigenvalue weighted by Crippen LogP contribution is 2.51. The van der Waals surface area contributed by atoms with Crippen LogP contribution in [0.5, 0.6) is 0 Å². The monoisotopic (exact) mass is 285 g/mol. The van der Waals surface area contributed by atoms with Crippen LogP contribution in [0.3, 0.4) is 0 Å². The standard InChI is InChI=1S/C17H19NO3/c19-9-16(10-3-5-21-6-4-10)18-17(20)13-2-1-12-14-7-11(14)8-15(12)13/h1-2,7-8,10,14,16,19H,3-6,9H2,(H,18,20). The fourth-order valence-corrected chi connectivity index (χ4v) is 3.53. The van der Waals surface area contributed by atoms with Gasteiger partial charge in [-0.25, -0.2) is 0 Å². The van der Waals surface area contributed by atoms with Crippen molar-refractivity contribution in [1.29, 1.82) is 0 Å². The molecule has 1 fully saturated rings. The van der Waals surface area contributed by atoms with Crippen LogP contribution in [0.2, 0.25) is 0 Å². The molecule has 2 atom stereocenters. The summed E-state index contributed by atoms with van der Waals surface area (Å²) < 4.78 is 5.34. The molecule has 1 heterocycles. The number of allylic oxidation sites excluding steroid dienone is 6. The van der Waals surface area contributed by atoms with Gasteiger partial charge in [0.25, 0.3) is 5.91 Å². The third kappa shape index (κ3) is 2.19. The molecular formula is C17H19NO3. The van der Waals surface area contributed by atoms with Gasteiger partial charge in [0.1, 0.15) is 0 Å². The zero-order chi connectivity index (χ0) is 14.4. The first kappa shape index (κ1) is 13.0. The van der Waals surface area contributed by atoms with Gasteiger partial charge in [-0.2, -0.15) is 0 Å². The highest BCUT2D eigenvalue weighted by molar-refractivity contribution is 6.02. The molecule has 0 spiro atoms. The smallest absolute Gasteiger partial charge is 0.252 e. The molecule has 0 saturated carbocycles. The van der Waals surface area contributed by atoms with Crippen molar-refractivity contribution >= 4 is 5.91 Å². The summed E-state index contributed by atoms with van der Waals surface area (Å²) >= 11 is 0. The maximum absolute atomic E-state index is 12.5. The highest BCUT2D eigenvalue weighted by Gasteiger charge is 2.39. The molecule has 0 bridgehead atoms. The molecule has 4 rings (SSSR count). The Morgan fingerprint density at radius 3 is 2.95 bits per heavy atom. The van der Waals surface area contributed by atoms with Gasteiger partial charge in [0.2, 0.25) is 0 Å². The van der Waals surface area contributed by atoms with Crippen LogP contribution in [0.4, 0.5) is 0 Å². The first-order valence-corrected chi connectivity index (χ1v) is 7.63. The van der Waals surface area contributed by atoms with Gasteiger partial charge in [0.05, 0.1) is 12.6 Å². The van der Waals surface area contributed by atoms with E-state index in [9.17, 15) is 9.90 Å². The summed E-state index contributed by atoms with van der Waals surface area (Å²) in [6.45, 7) is 1.41. The van der Waals surface area contributed by atoms with E-state index in [-0.39, 0.29) is 18.6 Å². The molecule has 3 aliphatic carbocycles. The predicted octanol–water partition coefficient (Wildman–Crippen LogP) is 1.25. The lowest BCUT2D eigenvalue weighted by Gasteiger charge is -2.29. The van der Waals surface area contributed by atoms with Gasteiger partial charge in [0, 0.05) is 24.7 Å². The summed E-state index contributed by atoms with van der Waals surface area (Å²) in [4.78, 5) is 12.5. The van der Waals surface area contributed by atoms with Crippen molar-refractivity contribution in [3.8, 4) is 0 Å². The second-order valence-electron chi connectivity index (χ2n) is 6.12. The lowest BCUT2D eigenvalue weighted by atomic mass is 9.91. The van der Waals surface area contributed by atoms with Gasteiger partial charge < -0.3 is 15.2 Å². The van der Waals surface area contributed by atoms with Crippen molar-refractivity contribution in [2.24, 2.45) is 11.8 Å². The molecule has 0 aromatic heterocycles. The topological polar surface area (TPSA) is 58.6 Å². The highest BCUT2D eigenvalue weighted by atomic mass is 16.5. The van der Waals surface area contributed by atoms with Crippen molar-refractivity contribution in [3.05, 3.63) is 46.6 Å². The predicted molar refractivity (Wildman–Crippen MR) is 78.4 cm³/mol. The van der Waals surface area contributed by atoms with E-state index in [0.29, 0.717) is 25.0 Å². The van der Waals surface area contributed by atoms with E-state index in [1.807, 2.05) is 12.2 Å². The van der Waals surface area contributed by atoms with E-state index in [1.165, 1.54) is 11.1 Å². The Hall–Kier alpha value is -1.65. The SMILES string of the molecule is O=C(NC(CO)C1CCOCC1)C1=CC=C2C1=CC1=CC12. The number of rotatable bonds is 4. The number of aliphatic hydroxyl groups is 1. The van der Waals surface area contributed by atoms with E-state index < -0.39 is 0 Å². The summed E-state index contributed by atoms with van der Waals surface area (Å²) in [6.07, 6.45) is 10.1. The first-order chi connectivity index (χ1) is 10.3. The number of fused-ring (bicyclic) bond motifs is 3. The van der Waals surface area contributed by atoms with Gasteiger partial charge in [-0.15, -0.1) is 0 Å². The number of aliphatic hydroxyl groups excluding tert-OH is 1. The van der Waals surface area contributed by atoms with Crippen molar-refractivity contribution in [2.45, 2.75) is 18.9 Å². The van der Waals surface area contributed by atoms with Crippen LogP contribution in [0.1, 0.15) is 12.8 Å². The lowest BCUT2D eigenvalue weighted by Crippen LogP contribution is -2.45. The van der Waals surface area contributed by atoms with Gasteiger partial charge in [-0.1, -0.05) is 12.2 Å². The van der Waals surface area contributed by atoms with Gasteiger partial charge >= 0.3 is 0 Å². The van der Waals surface area contributed by atoms with E-state index in [0.717, 1.165) is 24.0 Å². The third-order valence-corrected chi connectivity index (χ3v) is 4.88. The lowest BCUT2D eigenvalue weighted by molar-refractivity contribution is -0.119. The van der Waals surface area contributed by atoms with Crippen LogP contribution in [-0.4, -0.2) is 36.9 Å². The molecule has 0 aromatic rings. The second-order valence-corrected chi connectivity index (χ2v) is 6.12. The van der Waals surface area contributed by atoms with E-state index >= 15 is 0 Å². The molecule has 0 aromatic carbocycles. The molecule has 4 heteroatoms. The van der Waals surface area contributed by atoms with Crippen LogP contribution >= 0.6 is 0 Å². The minimum absolute atomic E-state index is 0.0171. The van der Waals surface area contributed by atoms with E-state index in [1.54, 1.807) is 0 Å². The summed E-state index contributed by atoms with van der Waals surface area (Å²) in [5, 5.41) is 12.6. The van der Waals surface area contributed by atoms with Gasteiger partial charge in [-0.3, -0.25) is 4.79 Å². The third-order valence-electron chi connectivity index (χ3n) is 4.88. The van der Waals surface area contributed by atoms with E-state index in [4.69, 9.17) is 4.74 Å². The fraction of sp³-hybridized carbons (Fsp3) is 0.471. The molecule has 1 aliphatic heterocycles. The zero-order valence-electron chi connectivity index (χ0n) is 11.8. The van der Waals surface area contributed by atoms with Crippen LogP contribution in [0.15, 0.2) is 46.6 Å². The second kappa shape index (κ2) is 4.97. The number of ether oxygens (including phenoxy) is 1. The fourth-order valence-electron chi connectivity index (χ4n) is 3.53. The maximum atomic E-state index is 12.5. The molecule has 2 unspecified atom stereocenters. The Morgan fingerprint density at radius 1 is 1.38 bits per heavy atom. The van der Waals surface area contributed by atoms with Crippen LogP contribution in [0, 0.1) is 11.8 Å². The number of carbonyl (C=O) groups excluding carboxylic acids is 1. The minimum atomic E-state index is -0.179. The Labute approximate surface area is 123 Å². The molecule has 4 aliphatic rings. The summed E-state index contributed by atoms with van der Waals surface area (Å²) in [5.41, 5.74) is 4.39. The van der Waals surface area contributed by atoms with Crippen LogP contribution < -0.4 is 5.32 Å². The molecule has 21 heavy (non-hydrogen) atoms. The largest absolute Gasteiger partial charge is 0.394 e. The summed E-state index contributed by atoms with van der Waals surface area (Å²) in [7, 11) is 0. The molecule has 0 radical (unpaired) electrons. The van der Waals surface area contributed by atoms with Crippen molar-refractivity contribution in [3.63, 3.8) is 0 Å². The number of hydrogen-bond acceptors (Lipinski definition) is 3. The average molecular weight is 285 g/mol. The van der Waals surface area contributed by atoms with Crippen molar-refractivity contribution in [2.75, 3.05) is 19.8 Å².